The molecule has 0 aromatic carbocycles. The molecule has 0 aliphatic carbocycles. The highest BCUT2D eigenvalue weighted by molar-refractivity contribution is 5.89. The third-order valence-corrected chi connectivity index (χ3v) is 1.88. The normalized spacial score (nSPS) is 10.0. The highest BCUT2D eigenvalue weighted by Crippen LogP contribution is 1.96. The minimum absolute atomic E-state index is 0.168. The fourth-order valence-electron chi connectivity index (χ4n) is 1.15. The van der Waals surface area contributed by atoms with Crippen LogP contribution in [-0.4, -0.2) is 41.9 Å². The van der Waals surface area contributed by atoms with Gasteiger partial charge in [-0.3, -0.25) is 10.1 Å². The molecule has 0 spiro atoms. The molecule has 2 aromatic rings. The van der Waals surface area contributed by atoms with Crippen molar-refractivity contribution < 1.29 is 14.7 Å². The van der Waals surface area contributed by atoms with Gasteiger partial charge in [0.2, 0.25) is 11.9 Å². The predicted molar refractivity (Wildman–Crippen MR) is 57.6 cm³/mol. The SMILES string of the molecule is O=C(Cn1cc(C(=O)O)nn1)Nc1ncccn1. The van der Waals surface area contributed by atoms with Crippen LogP contribution in [-0.2, 0) is 11.3 Å². The lowest BCUT2D eigenvalue weighted by molar-refractivity contribution is -0.117. The molecule has 0 unspecified atom stereocenters. The van der Waals surface area contributed by atoms with Crippen LogP contribution in [0.4, 0.5) is 5.95 Å². The lowest BCUT2D eigenvalue weighted by Crippen LogP contribution is -2.20. The Hall–Kier alpha value is -2.84. The second-order valence-electron chi connectivity index (χ2n) is 3.23. The van der Waals surface area contributed by atoms with Crippen LogP contribution in [0.25, 0.3) is 0 Å². The number of hydrogen-bond donors (Lipinski definition) is 2. The summed E-state index contributed by atoms with van der Waals surface area (Å²) in [7, 11) is 0. The summed E-state index contributed by atoms with van der Waals surface area (Å²) in [6.07, 6.45) is 4.13. The van der Waals surface area contributed by atoms with Gasteiger partial charge in [0.05, 0.1) is 6.20 Å². The van der Waals surface area contributed by atoms with Crippen molar-refractivity contribution in [3.8, 4) is 0 Å². The first-order chi connectivity index (χ1) is 8.65. The highest BCUT2D eigenvalue weighted by Gasteiger charge is 2.11. The van der Waals surface area contributed by atoms with Gasteiger partial charge >= 0.3 is 5.97 Å². The zero-order valence-electron chi connectivity index (χ0n) is 9.02. The van der Waals surface area contributed by atoms with Crippen LogP contribution >= 0.6 is 0 Å². The quantitative estimate of drug-likeness (QED) is 0.740. The molecular formula is C9H8N6O3. The van der Waals surface area contributed by atoms with E-state index in [9.17, 15) is 9.59 Å². The number of carboxylic acid groups (broad SMARTS) is 1. The smallest absolute Gasteiger partial charge is 0.358 e. The Bertz CT molecular complexity index is 567. The predicted octanol–water partition coefficient (Wildman–Crippen LogP) is -0.595. The van der Waals surface area contributed by atoms with Crippen LogP contribution in [0.1, 0.15) is 10.5 Å². The molecule has 0 radical (unpaired) electrons. The summed E-state index contributed by atoms with van der Waals surface area (Å²) in [4.78, 5) is 29.7. The molecule has 0 aliphatic heterocycles. The van der Waals surface area contributed by atoms with E-state index < -0.39 is 11.9 Å². The average Bonchev–Trinajstić information content (AvgIpc) is 2.78. The van der Waals surface area contributed by atoms with Crippen molar-refractivity contribution in [2.75, 3.05) is 5.32 Å². The van der Waals surface area contributed by atoms with Gasteiger partial charge in [-0.15, -0.1) is 5.10 Å². The van der Waals surface area contributed by atoms with Crippen molar-refractivity contribution >= 4 is 17.8 Å². The number of rotatable bonds is 4. The standard InChI is InChI=1S/C9H8N6O3/c16-7(12-9-10-2-1-3-11-9)5-15-4-6(8(17)18)13-14-15/h1-4H,5H2,(H,17,18)(H,10,11,12,16). The molecule has 0 saturated carbocycles. The van der Waals surface area contributed by atoms with Gasteiger partial charge in [0.1, 0.15) is 6.54 Å². The number of hydrogen-bond acceptors (Lipinski definition) is 6. The largest absolute Gasteiger partial charge is 0.476 e. The van der Waals surface area contributed by atoms with Gasteiger partial charge in [0, 0.05) is 12.4 Å². The summed E-state index contributed by atoms with van der Waals surface area (Å²) >= 11 is 0. The number of amides is 1. The van der Waals surface area contributed by atoms with Crippen molar-refractivity contribution in [3.63, 3.8) is 0 Å². The summed E-state index contributed by atoms with van der Waals surface area (Å²) in [5.74, 6) is -1.46. The molecule has 0 aliphatic rings. The third kappa shape index (κ3) is 2.84. The highest BCUT2D eigenvalue weighted by atomic mass is 16.4. The van der Waals surface area contributed by atoms with Crippen LogP contribution in [0.15, 0.2) is 24.7 Å². The van der Waals surface area contributed by atoms with Crippen molar-refractivity contribution in [1.29, 1.82) is 0 Å². The molecule has 2 rings (SSSR count). The third-order valence-electron chi connectivity index (χ3n) is 1.88. The number of aromatic nitrogens is 5. The van der Waals surface area contributed by atoms with Crippen molar-refractivity contribution in [2.24, 2.45) is 0 Å². The summed E-state index contributed by atoms with van der Waals surface area (Å²) < 4.78 is 1.11. The van der Waals surface area contributed by atoms with Gasteiger partial charge in [0.25, 0.3) is 0 Å². The summed E-state index contributed by atoms with van der Waals surface area (Å²) in [6.45, 7) is -0.168. The van der Waals surface area contributed by atoms with Crippen LogP contribution in [0.2, 0.25) is 0 Å². The topological polar surface area (TPSA) is 123 Å². The summed E-state index contributed by atoms with van der Waals surface area (Å²) in [6, 6.07) is 1.62. The minimum atomic E-state index is -1.20. The molecule has 0 saturated heterocycles. The number of carbonyl (C=O) groups excluding carboxylic acids is 1. The monoisotopic (exact) mass is 248 g/mol. The number of nitrogens with one attached hydrogen (secondary N) is 1. The van der Waals surface area contributed by atoms with E-state index in [4.69, 9.17) is 5.11 Å². The lowest BCUT2D eigenvalue weighted by atomic mass is 10.5. The zero-order valence-corrected chi connectivity index (χ0v) is 9.02. The maximum Gasteiger partial charge on any atom is 0.358 e. The Labute approximate surface area is 100 Å². The molecule has 2 N–H and O–H groups in total. The molecule has 18 heavy (non-hydrogen) atoms. The maximum atomic E-state index is 11.5. The first-order valence-corrected chi connectivity index (χ1v) is 4.85. The molecule has 0 fully saturated rings. The Morgan fingerprint density at radius 1 is 1.33 bits per heavy atom. The van der Waals surface area contributed by atoms with Gasteiger partial charge in [-0.2, -0.15) is 0 Å². The second-order valence-corrected chi connectivity index (χ2v) is 3.23. The van der Waals surface area contributed by atoms with Gasteiger partial charge in [-0.25, -0.2) is 19.4 Å². The van der Waals surface area contributed by atoms with Gasteiger partial charge < -0.3 is 5.11 Å². The Kier molecular flexibility index (Phi) is 3.23. The van der Waals surface area contributed by atoms with Crippen LogP contribution in [0.5, 0.6) is 0 Å². The van der Waals surface area contributed by atoms with Gasteiger partial charge in [-0.05, 0) is 6.07 Å². The van der Waals surface area contributed by atoms with E-state index in [1.54, 1.807) is 6.07 Å². The Balaban J connectivity index is 1.97. The minimum Gasteiger partial charge on any atom is -0.476 e. The Morgan fingerprint density at radius 2 is 2.06 bits per heavy atom. The molecule has 2 heterocycles. The van der Waals surface area contributed by atoms with Gasteiger partial charge in [-0.1, -0.05) is 5.21 Å². The molecule has 1 amide bonds. The van der Waals surface area contributed by atoms with E-state index in [0.717, 1.165) is 10.9 Å². The van der Waals surface area contributed by atoms with E-state index in [1.807, 2.05) is 0 Å². The fraction of sp³-hybridized carbons (Fsp3) is 0.111. The number of carboxylic acids is 1. The number of nitrogens with zero attached hydrogens (tertiary/aromatic N) is 5. The molecule has 9 heteroatoms. The van der Waals surface area contributed by atoms with Crippen LogP contribution in [0, 0.1) is 0 Å². The molecule has 0 atom stereocenters. The van der Waals surface area contributed by atoms with Crippen LogP contribution < -0.4 is 5.32 Å². The molecule has 9 nitrogen and oxygen atoms in total. The molecule has 92 valence electrons. The van der Waals surface area contributed by atoms with E-state index in [-0.39, 0.29) is 18.2 Å². The van der Waals surface area contributed by atoms with E-state index in [1.165, 1.54) is 12.4 Å². The van der Waals surface area contributed by atoms with Crippen molar-refractivity contribution in [3.05, 3.63) is 30.4 Å². The fourth-order valence-corrected chi connectivity index (χ4v) is 1.15. The molecule has 2 aromatic heterocycles. The number of aromatic carboxylic acids is 1. The second kappa shape index (κ2) is 4.99. The van der Waals surface area contributed by atoms with Crippen molar-refractivity contribution in [1.82, 2.24) is 25.0 Å². The summed E-state index contributed by atoms with van der Waals surface area (Å²) in [5, 5.41) is 17.9. The Morgan fingerprint density at radius 3 is 2.67 bits per heavy atom. The van der Waals surface area contributed by atoms with Crippen molar-refractivity contribution in [2.45, 2.75) is 6.54 Å². The summed E-state index contributed by atoms with van der Waals surface area (Å²) in [5.41, 5.74) is -0.223. The number of anilines is 1. The average molecular weight is 248 g/mol. The van der Waals surface area contributed by atoms with Crippen LogP contribution in [0.3, 0.4) is 0 Å². The van der Waals surface area contributed by atoms with E-state index in [0.29, 0.717) is 0 Å². The number of carbonyl (C=O) groups is 2. The maximum absolute atomic E-state index is 11.5. The van der Waals surface area contributed by atoms with E-state index in [2.05, 4.69) is 25.6 Å². The van der Waals surface area contributed by atoms with E-state index >= 15 is 0 Å². The zero-order chi connectivity index (χ0) is 13.0. The molecular weight excluding hydrogens is 240 g/mol. The first kappa shape index (κ1) is 11.6. The first-order valence-electron chi connectivity index (χ1n) is 4.85. The molecule has 0 bridgehead atoms. The van der Waals surface area contributed by atoms with Gasteiger partial charge in [0.15, 0.2) is 5.69 Å². The lowest BCUT2D eigenvalue weighted by Gasteiger charge is -2.01.